The van der Waals surface area contributed by atoms with Crippen LogP contribution in [-0.4, -0.2) is 40.8 Å². The molecule has 2 heterocycles. The quantitative estimate of drug-likeness (QED) is 0.789. The molecule has 2 fully saturated rings. The highest BCUT2D eigenvalue weighted by Gasteiger charge is 2.22. The molecular weight excluding hydrogens is 288 g/mol. The Bertz CT molecular complexity index is 476. The molecule has 1 aromatic heterocycles. The lowest BCUT2D eigenvalue weighted by Crippen LogP contribution is -2.30. The SMILES string of the molecule is OC1CCCCC1CCCNc1cc(N2CCCCC2)ncn1. The van der Waals surface area contributed by atoms with E-state index in [0.29, 0.717) is 5.92 Å². The van der Waals surface area contributed by atoms with Crippen molar-refractivity contribution in [2.24, 2.45) is 5.92 Å². The number of aliphatic hydroxyl groups is 1. The molecule has 1 saturated heterocycles. The number of nitrogens with zero attached hydrogens (tertiary/aromatic N) is 3. The van der Waals surface area contributed by atoms with Gasteiger partial charge in [0.25, 0.3) is 0 Å². The monoisotopic (exact) mass is 318 g/mol. The van der Waals surface area contributed by atoms with Gasteiger partial charge >= 0.3 is 0 Å². The van der Waals surface area contributed by atoms with Gasteiger partial charge in [0, 0.05) is 25.7 Å². The first kappa shape index (κ1) is 16.5. The van der Waals surface area contributed by atoms with Gasteiger partial charge in [0.15, 0.2) is 0 Å². The van der Waals surface area contributed by atoms with Crippen molar-refractivity contribution in [1.82, 2.24) is 9.97 Å². The molecule has 2 unspecified atom stereocenters. The predicted molar refractivity (Wildman–Crippen MR) is 93.8 cm³/mol. The van der Waals surface area contributed by atoms with E-state index in [1.165, 1.54) is 38.5 Å². The summed E-state index contributed by atoms with van der Waals surface area (Å²) in [5.41, 5.74) is 0. The number of piperidine rings is 1. The minimum absolute atomic E-state index is 0.0755. The van der Waals surface area contributed by atoms with Crippen LogP contribution >= 0.6 is 0 Å². The number of nitrogens with one attached hydrogen (secondary N) is 1. The van der Waals surface area contributed by atoms with E-state index >= 15 is 0 Å². The molecule has 0 spiro atoms. The standard InChI is InChI=1S/C18H30N4O/c23-16-9-3-2-7-15(16)8-6-10-19-17-13-18(21-14-20-17)22-11-4-1-5-12-22/h13-16,23H,1-12H2,(H,19,20,21). The molecule has 1 aliphatic carbocycles. The van der Waals surface area contributed by atoms with Crippen LogP contribution in [0.4, 0.5) is 11.6 Å². The van der Waals surface area contributed by atoms with Crippen molar-refractivity contribution >= 4 is 11.6 Å². The summed E-state index contributed by atoms with van der Waals surface area (Å²) in [6, 6.07) is 2.07. The zero-order valence-corrected chi connectivity index (χ0v) is 14.1. The lowest BCUT2D eigenvalue weighted by Gasteiger charge is -2.28. The van der Waals surface area contributed by atoms with Gasteiger partial charge in [-0.05, 0) is 50.9 Å². The summed E-state index contributed by atoms with van der Waals surface area (Å²) in [6.45, 7) is 3.13. The molecule has 1 saturated carbocycles. The van der Waals surface area contributed by atoms with E-state index in [1.807, 2.05) is 0 Å². The Labute approximate surface area is 139 Å². The highest BCUT2D eigenvalue weighted by molar-refractivity contribution is 5.48. The highest BCUT2D eigenvalue weighted by Crippen LogP contribution is 2.28. The largest absolute Gasteiger partial charge is 0.393 e. The Hall–Kier alpha value is -1.36. The Balaban J connectivity index is 1.43. The summed E-state index contributed by atoms with van der Waals surface area (Å²) in [7, 11) is 0. The van der Waals surface area contributed by atoms with Gasteiger partial charge < -0.3 is 15.3 Å². The molecule has 1 aliphatic heterocycles. The Morgan fingerprint density at radius 3 is 2.74 bits per heavy atom. The van der Waals surface area contributed by atoms with Crippen LogP contribution < -0.4 is 10.2 Å². The van der Waals surface area contributed by atoms with E-state index in [1.54, 1.807) is 6.33 Å². The third kappa shape index (κ3) is 4.80. The van der Waals surface area contributed by atoms with Crippen LogP contribution in [0.15, 0.2) is 12.4 Å². The zero-order chi connectivity index (χ0) is 15.9. The molecule has 0 amide bonds. The first-order valence-electron chi connectivity index (χ1n) is 9.32. The van der Waals surface area contributed by atoms with E-state index in [0.717, 1.165) is 50.5 Å². The fourth-order valence-corrected chi connectivity index (χ4v) is 3.85. The van der Waals surface area contributed by atoms with Crippen LogP contribution in [-0.2, 0) is 0 Å². The maximum absolute atomic E-state index is 10.0. The first-order valence-corrected chi connectivity index (χ1v) is 9.32. The van der Waals surface area contributed by atoms with Crippen LogP contribution in [0, 0.1) is 5.92 Å². The molecule has 0 bridgehead atoms. The number of rotatable bonds is 6. The smallest absolute Gasteiger partial charge is 0.134 e. The molecule has 2 aliphatic rings. The molecule has 2 atom stereocenters. The van der Waals surface area contributed by atoms with Gasteiger partial charge in [0.05, 0.1) is 6.10 Å². The third-order valence-electron chi connectivity index (χ3n) is 5.26. The Morgan fingerprint density at radius 2 is 1.91 bits per heavy atom. The van der Waals surface area contributed by atoms with Gasteiger partial charge in [-0.25, -0.2) is 9.97 Å². The van der Waals surface area contributed by atoms with Gasteiger partial charge in [0.2, 0.25) is 0 Å². The summed E-state index contributed by atoms with van der Waals surface area (Å²) in [4.78, 5) is 11.1. The molecular formula is C18H30N4O. The maximum Gasteiger partial charge on any atom is 0.134 e. The summed E-state index contributed by atoms with van der Waals surface area (Å²) in [6.07, 6.45) is 12.3. The van der Waals surface area contributed by atoms with Crippen molar-refractivity contribution in [1.29, 1.82) is 0 Å². The second-order valence-electron chi connectivity index (χ2n) is 6.99. The molecule has 23 heavy (non-hydrogen) atoms. The average molecular weight is 318 g/mol. The van der Waals surface area contributed by atoms with Crippen LogP contribution in [0.25, 0.3) is 0 Å². The summed E-state index contributed by atoms with van der Waals surface area (Å²) in [5, 5.41) is 13.4. The lowest BCUT2D eigenvalue weighted by molar-refractivity contribution is 0.0648. The van der Waals surface area contributed by atoms with Gasteiger partial charge in [-0.15, -0.1) is 0 Å². The van der Waals surface area contributed by atoms with Crippen molar-refractivity contribution in [3.05, 3.63) is 12.4 Å². The van der Waals surface area contributed by atoms with Crippen LogP contribution in [0.5, 0.6) is 0 Å². The van der Waals surface area contributed by atoms with E-state index in [-0.39, 0.29) is 6.10 Å². The van der Waals surface area contributed by atoms with Gasteiger partial charge in [-0.3, -0.25) is 0 Å². The zero-order valence-electron chi connectivity index (χ0n) is 14.1. The molecule has 3 rings (SSSR count). The summed E-state index contributed by atoms with van der Waals surface area (Å²) >= 11 is 0. The Morgan fingerprint density at radius 1 is 1.09 bits per heavy atom. The van der Waals surface area contributed by atoms with Crippen molar-refractivity contribution in [2.75, 3.05) is 29.9 Å². The molecule has 5 nitrogen and oxygen atoms in total. The van der Waals surface area contributed by atoms with Crippen molar-refractivity contribution in [3.63, 3.8) is 0 Å². The topological polar surface area (TPSA) is 61.3 Å². The fraction of sp³-hybridized carbons (Fsp3) is 0.778. The third-order valence-corrected chi connectivity index (χ3v) is 5.26. The number of aliphatic hydroxyl groups excluding tert-OH is 1. The maximum atomic E-state index is 10.0. The van der Waals surface area contributed by atoms with Gasteiger partial charge in [-0.2, -0.15) is 0 Å². The number of hydrogen-bond donors (Lipinski definition) is 2. The summed E-state index contributed by atoms with van der Waals surface area (Å²) < 4.78 is 0. The van der Waals surface area contributed by atoms with Gasteiger partial charge in [0.1, 0.15) is 18.0 Å². The minimum atomic E-state index is -0.0755. The number of hydrogen-bond acceptors (Lipinski definition) is 5. The predicted octanol–water partition coefficient (Wildman–Crippen LogP) is 3.21. The normalized spacial score (nSPS) is 25.3. The van der Waals surface area contributed by atoms with E-state index in [2.05, 4.69) is 26.3 Å². The second-order valence-corrected chi connectivity index (χ2v) is 6.99. The molecule has 128 valence electrons. The minimum Gasteiger partial charge on any atom is -0.393 e. The van der Waals surface area contributed by atoms with E-state index in [9.17, 15) is 5.11 Å². The highest BCUT2D eigenvalue weighted by atomic mass is 16.3. The molecule has 1 aromatic rings. The van der Waals surface area contributed by atoms with Crippen LogP contribution in [0.2, 0.25) is 0 Å². The van der Waals surface area contributed by atoms with Crippen molar-refractivity contribution in [3.8, 4) is 0 Å². The first-order chi connectivity index (χ1) is 11.3. The molecule has 2 N–H and O–H groups in total. The fourth-order valence-electron chi connectivity index (χ4n) is 3.85. The van der Waals surface area contributed by atoms with Crippen molar-refractivity contribution < 1.29 is 5.11 Å². The molecule has 0 radical (unpaired) electrons. The summed E-state index contributed by atoms with van der Waals surface area (Å²) in [5.74, 6) is 2.47. The van der Waals surface area contributed by atoms with Gasteiger partial charge in [-0.1, -0.05) is 12.8 Å². The van der Waals surface area contributed by atoms with Crippen molar-refractivity contribution in [2.45, 2.75) is 63.9 Å². The average Bonchev–Trinajstić information content (AvgIpc) is 2.61. The number of anilines is 2. The van der Waals surface area contributed by atoms with Crippen LogP contribution in [0.1, 0.15) is 57.8 Å². The van der Waals surface area contributed by atoms with E-state index in [4.69, 9.17) is 0 Å². The molecule has 5 heteroatoms. The Kier molecular flexibility index (Phi) is 6.08. The van der Waals surface area contributed by atoms with Crippen LogP contribution in [0.3, 0.4) is 0 Å². The number of aromatic nitrogens is 2. The van der Waals surface area contributed by atoms with E-state index < -0.39 is 0 Å². The second kappa shape index (κ2) is 8.48. The molecule has 0 aromatic carbocycles. The lowest BCUT2D eigenvalue weighted by atomic mass is 9.83.